The number of benzene rings is 1. The highest BCUT2D eigenvalue weighted by Crippen LogP contribution is 2.81. The summed E-state index contributed by atoms with van der Waals surface area (Å²) >= 11 is 0. The van der Waals surface area contributed by atoms with Gasteiger partial charge in [0.2, 0.25) is 0 Å². The quantitative estimate of drug-likeness (QED) is 0.514. The number of oxime groups is 1. The first-order valence-corrected chi connectivity index (χ1v) is 11.8. The molecule has 0 radical (unpaired) electrons. The number of carbonyl (C=O) groups is 2. The fourth-order valence-corrected chi connectivity index (χ4v) is 8.29. The third-order valence-corrected chi connectivity index (χ3v) is 9.60. The lowest BCUT2D eigenvalue weighted by molar-refractivity contribution is -0.133. The lowest BCUT2D eigenvalue weighted by Gasteiger charge is -2.52. The predicted molar refractivity (Wildman–Crippen MR) is 122 cm³/mol. The molecule has 1 aliphatic heterocycles. The summed E-state index contributed by atoms with van der Waals surface area (Å²) in [6.07, 6.45) is 12.9. The molecule has 4 aliphatic carbocycles. The summed E-state index contributed by atoms with van der Waals surface area (Å²) in [7, 11) is 3.02. The number of hydrogen-bond donors (Lipinski definition) is 0. The normalized spacial score (nSPS) is 42.0. The number of esters is 1. The van der Waals surface area contributed by atoms with Crippen LogP contribution in [0.4, 0.5) is 0 Å². The number of ether oxygens (including phenoxy) is 2. The third-order valence-electron chi connectivity index (χ3n) is 9.60. The van der Waals surface area contributed by atoms with Crippen molar-refractivity contribution in [2.75, 3.05) is 14.2 Å². The molecule has 5 aliphatic rings. The second kappa shape index (κ2) is 6.58. The van der Waals surface area contributed by atoms with Crippen LogP contribution in [0.25, 0.3) is 0 Å². The van der Waals surface area contributed by atoms with Crippen molar-refractivity contribution >= 4 is 17.5 Å². The molecule has 0 amide bonds. The van der Waals surface area contributed by atoms with Gasteiger partial charge in [-0.2, -0.15) is 0 Å². The summed E-state index contributed by atoms with van der Waals surface area (Å²) in [5, 5.41) is 4.17. The highest BCUT2D eigenvalue weighted by molar-refractivity contribution is 6.37. The Hall–Kier alpha value is -2.89. The zero-order valence-electron chi connectivity index (χ0n) is 19.3. The maximum absolute atomic E-state index is 13.7. The van der Waals surface area contributed by atoms with E-state index in [0.717, 1.165) is 37.0 Å². The third kappa shape index (κ3) is 2.22. The fraction of sp³-hybridized carbons (Fsp3) is 0.519. The Morgan fingerprint density at radius 2 is 1.85 bits per heavy atom. The molecule has 1 heterocycles. The molecule has 1 aromatic carbocycles. The van der Waals surface area contributed by atoms with E-state index in [1.54, 1.807) is 13.2 Å². The van der Waals surface area contributed by atoms with Crippen molar-refractivity contribution in [3.8, 4) is 5.75 Å². The van der Waals surface area contributed by atoms with Gasteiger partial charge in [-0.05, 0) is 48.1 Å². The van der Waals surface area contributed by atoms with E-state index in [1.165, 1.54) is 7.11 Å². The average molecular weight is 448 g/mol. The number of hydrogen-bond acceptors (Lipinski definition) is 6. The van der Waals surface area contributed by atoms with Crippen LogP contribution in [0, 0.1) is 22.7 Å². The number of rotatable bonds is 3. The zero-order valence-corrected chi connectivity index (χ0v) is 19.3. The van der Waals surface area contributed by atoms with Gasteiger partial charge < -0.3 is 14.3 Å². The van der Waals surface area contributed by atoms with Crippen LogP contribution in [0.15, 0.2) is 53.7 Å². The van der Waals surface area contributed by atoms with Gasteiger partial charge in [0, 0.05) is 29.1 Å². The zero-order chi connectivity index (χ0) is 23.1. The van der Waals surface area contributed by atoms with E-state index in [-0.39, 0.29) is 34.2 Å². The van der Waals surface area contributed by atoms with Gasteiger partial charge in [0.1, 0.15) is 5.75 Å². The summed E-state index contributed by atoms with van der Waals surface area (Å²) in [5.41, 5.74) is -0.194. The van der Waals surface area contributed by atoms with Gasteiger partial charge in [0.05, 0.1) is 14.2 Å². The average Bonchev–Trinajstić information content (AvgIpc) is 3.45. The van der Waals surface area contributed by atoms with Crippen LogP contribution in [0.5, 0.6) is 5.75 Å². The Labute approximate surface area is 193 Å². The van der Waals surface area contributed by atoms with Gasteiger partial charge in [0.15, 0.2) is 17.1 Å². The van der Waals surface area contributed by atoms with Gasteiger partial charge >= 0.3 is 5.97 Å². The monoisotopic (exact) mass is 447 g/mol. The molecule has 2 fully saturated rings. The molecular formula is C27H29NO5. The molecule has 2 bridgehead atoms. The molecule has 2 saturated carbocycles. The number of fused-ring (bicyclic) bond motifs is 3. The van der Waals surface area contributed by atoms with E-state index in [0.29, 0.717) is 6.42 Å². The van der Waals surface area contributed by atoms with E-state index in [2.05, 4.69) is 36.4 Å². The van der Waals surface area contributed by atoms with Crippen molar-refractivity contribution in [3.05, 3.63) is 54.1 Å². The van der Waals surface area contributed by atoms with Crippen LogP contribution in [0.2, 0.25) is 0 Å². The van der Waals surface area contributed by atoms with E-state index in [9.17, 15) is 9.59 Å². The van der Waals surface area contributed by atoms with Crippen molar-refractivity contribution in [3.63, 3.8) is 0 Å². The number of nitrogens with zero attached hydrogens (tertiary/aromatic N) is 1. The predicted octanol–water partition coefficient (Wildman–Crippen LogP) is 4.14. The van der Waals surface area contributed by atoms with Gasteiger partial charge in [-0.15, -0.1) is 0 Å². The molecule has 6 heteroatoms. The summed E-state index contributed by atoms with van der Waals surface area (Å²) < 4.78 is 10.3. The second-order valence-corrected chi connectivity index (χ2v) is 10.5. The standard InChI is InChI=1S/C27H29NO5/c1-24-11-4-5-12-25(24)14-15-27(24,17-6-8-18(31-2)9-7-17)21-20(29)10-13-26(22(21)25)16-19(28-33-26)23(30)32-3/h6-10,13-15,21-22H,4-5,11-12,16H2,1-3H3/t21?,22?,24-,25-,26?,27-/m0/s1. The molecule has 172 valence electrons. The Morgan fingerprint density at radius 3 is 2.58 bits per heavy atom. The summed E-state index contributed by atoms with van der Waals surface area (Å²) in [6.45, 7) is 2.37. The van der Waals surface area contributed by atoms with E-state index in [1.807, 2.05) is 18.2 Å². The highest BCUT2D eigenvalue weighted by atomic mass is 16.7. The van der Waals surface area contributed by atoms with Crippen LogP contribution in [-0.2, 0) is 24.6 Å². The topological polar surface area (TPSA) is 74.2 Å². The van der Waals surface area contributed by atoms with Crippen molar-refractivity contribution in [1.29, 1.82) is 0 Å². The fourth-order valence-electron chi connectivity index (χ4n) is 8.29. The van der Waals surface area contributed by atoms with E-state index >= 15 is 0 Å². The summed E-state index contributed by atoms with van der Waals surface area (Å²) in [5.74, 6) is 0.0763. The first-order valence-electron chi connectivity index (χ1n) is 11.8. The molecule has 6 atom stereocenters. The Morgan fingerprint density at radius 1 is 1.09 bits per heavy atom. The first kappa shape index (κ1) is 20.7. The maximum Gasteiger partial charge on any atom is 0.356 e. The van der Waals surface area contributed by atoms with E-state index < -0.39 is 17.0 Å². The summed E-state index contributed by atoms with van der Waals surface area (Å²) in [6, 6.07) is 8.21. The lowest BCUT2D eigenvalue weighted by Crippen LogP contribution is -2.54. The second-order valence-electron chi connectivity index (χ2n) is 10.5. The first-order chi connectivity index (χ1) is 15.9. The number of allylic oxidation sites excluding steroid dienone is 3. The molecule has 0 N–H and O–H groups in total. The largest absolute Gasteiger partial charge is 0.497 e. The van der Waals surface area contributed by atoms with Crippen LogP contribution < -0.4 is 4.74 Å². The van der Waals surface area contributed by atoms with Gasteiger partial charge in [0.25, 0.3) is 0 Å². The van der Waals surface area contributed by atoms with Gasteiger partial charge in [-0.3, -0.25) is 4.79 Å². The summed E-state index contributed by atoms with van der Waals surface area (Å²) in [4.78, 5) is 32.2. The molecule has 0 aromatic heterocycles. The molecule has 6 rings (SSSR count). The van der Waals surface area contributed by atoms with Crippen molar-refractivity contribution in [1.82, 2.24) is 0 Å². The van der Waals surface area contributed by atoms with Gasteiger partial charge in [-0.1, -0.05) is 49.2 Å². The van der Waals surface area contributed by atoms with Crippen LogP contribution in [0.3, 0.4) is 0 Å². The molecule has 1 spiro atoms. The molecule has 1 aromatic rings. The number of methoxy groups -OCH3 is 2. The number of carbonyl (C=O) groups excluding carboxylic acids is 2. The van der Waals surface area contributed by atoms with Crippen molar-refractivity contribution in [2.24, 2.45) is 27.8 Å². The minimum absolute atomic E-state index is 0.106. The van der Waals surface area contributed by atoms with Crippen LogP contribution >= 0.6 is 0 Å². The van der Waals surface area contributed by atoms with Crippen LogP contribution in [-0.4, -0.2) is 37.3 Å². The Balaban J connectivity index is 1.56. The Bertz CT molecular complexity index is 1140. The minimum Gasteiger partial charge on any atom is -0.497 e. The van der Waals surface area contributed by atoms with E-state index in [4.69, 9.17) is 14.3 Å². The van der Waals surface area contributed by atoms with Crippen LogP contribution in [0.1, 0.15) is 44.6 Å². The smallest absolute Gasteiger partial charge is 0.356 e. The highest BCUT2D eigenvalue weighted by Gasteiger charge is 2.81. The van der Waals surface area contributed by atoms with Crippen molar-refractivity contribution < 1.29 is 23.9 Å². The van der Waals surface area contributed by atoms with Crippen molar-refractivity contribution in [2.45, 2.75) is 50.0 Å². The molecule has 3 unspecified atom stereocenters. The number of ketones is 1. The van der Waals surface area contributed by atoms with Gasteiger partial charge in [-0.25, -0.2) is 4.79 Å². The Kier molecular flexibility index (Phi) is 4.13. The SMILES string of the molecule is COC(=O)C1=NOC2(C=CC(=O)C3C2[C@]24C=C[C@@]3(c3ccc(OC)cc3)[C@@]2(C)CCCC4)C1. The minimum atomic E-state index is -0.820. The maximum atomic E-state index is 13.7. The molecule has 6 nitrogen and oxygen atoms in total. The molecular weight excluding hydrogens is 418 g/mol. The molecule has 33 heavy (non-hydrogen) atoms. The lowest BCUT2D eigenvalue weighted by atomic mass is 9.52. The molecule has 0 saturated heterocycles.